The molecule has 0 aliphatic carbocycles. The van der Waals surface area contributed by atoms with Crippen LogP contribution in [0.1, 0.15) is 17.0 Å². The normalized spacial score (nSPS) is 12.5. The largest absolute Gasteiger partial charge is 0.329 e. The summed E-state index contributed by atoms with van der Waals surface area (Å²) in [6, 6.07) is 12.9. The third kappa shape index (κ3) is 3.61. The number of hydrogen-bond acceptors (Lipinski definition) is 2. The minimum absolute atomic E-state index is 0.0459. The molecular weight excluding hydrogens is 345 g/mol. The molecule has 6 heteroatoms. The van der Waals surface area contributed by atoms with Crippen molar-refractivity contribution in [1.82, 2.24) is 9.38 Å². The van der Waals surface area contributed by atoms with E-state index < -0.39 is 0 Å². The first-order chi connectivity index (χ1) is 11.4. The van der Waals surface area contributed by atoms with Crippen molar-refractivity contribution in [1.29, 1.82) is 0 Å². The minimum Gasteiger partial charge on any atom is -0.329 e. The van der Waals surface area contributed by atoms with Crippen molar-refractivity contribution in [3.63, 3.8) is 0 Å². The van der Waals surface area contributed by atoms with E-state index in [2.05, 4.69) is 12.0 Å². The molecule has 0 saturated carbocycles. The number of rotatable bonds is 4. The van der Waals surface area contributed by atoms with Crippen molar-refractivity contribution in [2.24, 2.45) is 0 Å². The van der Waals surface area contributed by atoms with Gasteiger partial charge in [0.05, 0.1) is 17.1 Å². The summed E-state index contributed by atoms with van der Waals surface area (Å²) in [6.45, 7) is 3.32. The zero-order valence-electron chi connectivity index (χ0n) is 13.5. The summed E-state index contributed by atoms with van der Waals surface area (Å²) in [5.74, 6) is 0. The summed E-state index contributed by atoms with van der Waals surface area (Å²) >= 11 is 12.0. The molecule has 4 nitrogen and oxygen atoms in total. The Hall–Kier alpha value is -1.88. The molecule has 0 saturated heterocycles. The van der Waals surface area contributed by atoms with E-state index in [0.717, 1.165) is 23.5 Å². The zero-order chi connectivity index (χ0) is 17.3. The molecule has 2 heterocycles. The lowest BCUT2D eigenvalue weighted by Gasteiger charge is -2.14. The highest BCUT2D eigenvalue weighted by molar-refractivity contribution is 6.42. The molecule has 0 aliphatic rings. The number of benzene rings is 1. The third-order valence-electron chi connectivity index (χ3n) is 3.91. The smallest absolute Gasteiger partial charge is 0.258 e. The molecule has 3 rings (SSSR count). The van der Waals surface area contributed by atoms with E-state index in [-0.39, 0.29) is 5.56 Å². The van der Waals surface area contributed by atoms with Crippen LogP contribution >= 0.6 is 23.2 Å². The molecule has 0 bridgehead atoms. The van der Waals surface area contributed by atoms with Crippen LogP contribution in [0.5, 0.6) is 0 Å². The molecule has 1 unspecified atom stereocenters. The number of nitrogens with zero attached hydrogens (tertiary/aromatic N) is 2. The van der Waals surface area contributed by atoms with Gasteiger partial charge in [0, 0.05) is 17.3 Å². The highest BCUT2D eigenvalue weighted by Crippen LogP contribution is 2.22. The van der Waals surface area contributed by atoms with Gasteiger partial charge in [0.25, 0.3) is 5.56 Å². The summed E-state index contributed by atoms with van der Waals surface area (Å²) in [6.07, 6.45) is 0. The molecule has 24 heavy (non-hydrogen) atoms. The third-order valence-corrected chi connectivity index (χ3v) is 4.64. The number of aromatic nitrogens is 2. The predicted molar refractivity (Wildman–Crippen MR) is 97.0 cm³/mol. The van der Waals surface area contributed by atoms with Crippen LogP contribution in [0.25, 0.3) is 5.65 Å². The fourth-order valence-electron chi connectivity index (χ4n) is 2.82. The average molecular weight is 363 g/mol. The van der Waals surface area contributed by atoms with Gasteiger partial charge >= 0.3 is 0 Å². The molecule has 124 valence electrons. The maximum atomic E-state index is 12.3. The van der Waals surface area contributed by atoms with E-state index in [1.54, 1.807) is 16.5 Å². The van der Waals surface area contributed by atoms with Gasteiger partial charge in [-0.3, -0.25) is 9.20 Å². The van der Waals surface area contributed by atoms with Gasteiger partial charge in [-0.1, -0.05) is 35.3 Å². The number of hydrogen-bond donors (Lipinski definition) is 1. The Morgan fingerprint density at radius 1 is 1.08 bits per heavy atom. The van der Waals surface area contributed by atoms with E-state index >= 15 is 0 Å². The van der Waals surface area contributed by atoms with Gasteiger partial charge in [-0.2, -0.15) is 0 Å². The van der Waals surface area contributed by atoms with Crippen LogP contribution in [0.3, 0.4) is 0 Å². The topological polar surface area (TPSA) is 38.8 Å². The lowest BCUT2D eigenvalue weighted by molar-refractivity contribution is -0.908. The summed E-state index contributed by atoms with van der Waals surface area (Å²) in [5.41, 5.74) is 3.39. The Morgan fingerprint density at radius 3 is 2.62 bits per heavy atom. The van der Waals surface area contributed by atoms with Crippen LogP contribution in [0.2, 0.25) is 10.0 Å². The van der Waals surface area contributed by atoms with E-state index in [0.29, 0.717) is 22.2 Å². The van der Waals surface area contributed by atoms with Gasteiger partial charge < -0.3 is 4.90 Å². The van der Waals surface area contributed by atoms with Crippen LogP contribution < -0.4 is 10.5 Å². The monoisotopic (exact) mass is 362 g/mol. The Balaban J connectivity index is 1.81. The molecule has 1 N–H and O–H groups in total. The molecule has 0 aliphatic heterocycles. The average Bonchev–Trinajstić information content (AvgIpc) is 2.50. The second kappa shape index (κ2) is 6.93. The van der Waals surface area contributed by atoms with Crippen molar-refractivity contribution in [2.45, 2.75) is 20.0 Å². The second-order valence-electron chi connectivity index (χ2n) is 6.01. The second-order valence-corrected chi connectivity index (χ2v) is 6.82. The first kappa shape index (κ1) is 17.0. The molecule has 2 aromatic heterocycles. The van der Waals surface area contributed by atoms with Crippen molar-refractivity contribution in [3.05, 3.63) is 79.8 Å². The minimum atomic E-state index is -0.0459. The summed E-state index contributed by atoms with van der Waals surface area (Å²) in [7, 11) is 2.06. The molecule has 1 atom stereocenters. The number of pyridine rings is 1. The van der Waals surface area contributed by atoms with Crippen molar-refractivity contribution < 1.29 is 4.90 Å². The van der Waals surface area contributed by atoms with Crippen molar-refractivity contribution in [2.75, 3.05) is 7.05 Å². The van der Waals surface area contributed by atoms with Crippen LogP contribution in [0, 0.1) is 6.92 Å². The fraction of sp³-hybridized carbons (Fsp3) is 0.222. The van der Waals surface area contributed by atoms with E-state index in [1.165, 1.54) is 4.90 Å². The zero-order valence-corrected chi connectivity index (χ0v) is 15.0. The molecule has 0 amide bonds. The quantitative estimate of drug-likeness (QED) is 0.774. The standard InChI is InChI=1S/C18H17Cl2N3O/c1-12-4-3-5-17-21-14(9-18(24)23(12)17)11-22(2)10-13-6-7-15(19)16(20)8-13/h3-9H,10-11H2,1-2H3/p+1. The fourth-order valence-corrected chi connectivity index (χ4v) is 3.14. The van der Waals surface area contributed by atoms with Crippen LogP contribution in [-0.2, 0) is 13.1 Å². The number of fused-ring (bicyclic) bond motifs is 1. The summed E-state index contributed by atoms with van der Waals surface area (Å²) in [5, 5.41) is 1.11. The maximum absolute atomic E-state index is 12.3. The van der Waals surface area contributed by atoms with Crippen LogP contribution in [0.15, 0.2) is 47.3 Å². The van der Waals surface area contributed by atoms with Gasteiger partial charge in [0.2, 0.25) is 0 Å². The van der Waals surface area contributed by atoms with Gasteiger partial charge in [0.15, 0.2) is 0 Å². The molecule has 1 aromatic carbocycles. The number of halogens is 2. The highest BCUT2D eigenvalue weighted by Gasteiger charge is 2.10. The molecule has 0 radical (unpaired) electrons. The summed E-state index contributed by atoms with van der Waals surface area (Å²) in [4.78, 5) is 18.1. The number of quaternary nitrogens is 1. The SMILES string of the molecule is Cc1cccc2nc(C[NH+](C)Cc3ccc(Cl)c(Cl)c3)cc(=O)n12. The van der Waals surface area contributed by atoms with Gasteiger partial charge in [-0.05, 0) is 31.2 Å². The maximum Gasteiger partial charge on any atom is 0.258 e. The molecule has 0 fully saturated rings. The molecular formula is C18H18Cl2N3O+. The number of nitrogens with one attached hydrogen (secondary N) is 1. The highest BCUT2D eigenvalue weighted by atomic mass is 35.5. The number of aryl methyl sites for hydroxylation is 1. The van der Waals surface area contributed by atoms with Crippen LogP contribution in [0.4, 0.5) is 0 Å². The van der Waals surface area contributed by atoms with Gasteiger partial charge in [0.1, 0.15) is 24.4 Å². The van der Waals surface area contributed by atoms with Gasteiger partial charge in [-0.15, -0.1) is 0 Å². The molecule has 3 aromatic rings. The first-order valence-electron chi connectivity index (χ1n) is 7.67. The Morgan fingerprint density at radius 2 is 1.88 bits per heavy atom. The predicted octanol–water partition coefficient (Wildman–Crippen LogP) is 2.52. The Bertz CT molecular complexity index is 953. The summed E-state index contributed by atoms with van der Waals surface area (Å²) < 4.78 is 1.62. The Labute approximate surface area is 150 Å². The van der Waals surface area contributed by atoms with E-state index in [4.69, 9.17) is 23.2 Å². The van der Waals surface area contributed by atoms with Crippen molar-refractivity contribution in [3.8, 4) is 0 Å². The first-order valence-corrected chi connectivity index (χ1v) is 8.43. The van der Waals surface area contributed by atoms with E-state index in [9.17, 15) is 4.79 Å². The van der Waals surface area contributed by atoms with Crippen LogP contribution in [-0.4, -0.2) is 16.4 Å². The van der Waals surface area contributed by atoms with Crippen molar-refractivity contribution >= 4 is 28.8 Å². The lowest BCUT2D eigenvalue weighted by atomic mass is 10.2. The van der Waals surface area contributed by atoms with Gasteiger partial charge in [-0.25, -0.2) is 4.98 Å². The lowest BCUT2D eigenvalue weighted by Crippen LogP contribution is -3.06. The Kier molecular flexibility index (Phi) is 4.90. The van der Waals surface area contributed by atoms with E-state index in [1.807, 2.05) is 37.3 Å². The molecule has 0 spiro atoms.